The number of carbonyl (C=O) groups excluding carboxylic acids is 1. The van der Waals surface area contributed by atoms with Crippen molar-refractivity contribution in [3.05, 3.63) is 94.0 Å². The van der Waals surface area contributed by atoms with Crippen molar-refractivity contribution in [2.45, 2.75) is 64.7 Å². The standard InChI is InChI=1S/C32H38ClNO4S/c1-22-10-4-8-14-26(22)28-20-24(16-17-27(28)31(35)34-30(32(36)37)18-19-39-3)21-38-23(2)11-5-6-12-25-13-7-9-15-29(25)33/h4,7-10,13-17,20,23,30H,5-6,11-12,18-19,21H2,1-3H3,(H,34,35)(H,36,37)/t23?,30-/m0/s1. The lowest BCUT2D eigenvalue weighted by atomic mass is 9.93. The van der Waals surface area contributed by atoms with Crippen LogP contribution < -0.4 is 5.32 Å². The number of hydrogen-bond acceptors (Lipinski definition) is 4. The quantitative estimate of drug-likeness (QED) is 0.185. The Kier molecular flexibility index (Phi) is 12.4. The maximum Gasteiger partial charge on any atom is 0.326 e. The van der Waals surface area contributed by atoms with Gasteiger partial charge in [0.15, 0.2) is 0 Å². The second-order valence-corrected chi connectivity index (χ2v) is 11.2. The number of aryl methyl sites for hydroxylation is 2. The Morgan fingerprint density at radius 3 is 2.46 bits per heavy atom. The van der Waals surface area contributed by atoms with Crippen molar-refractivity contribution in [2.24, 2.45) is 0 Å². The normalized spacial score (nSPS) is 12.6. The van der Waals surface area contributed by atoms with Crippen molar-refractivity contribution in [3.8, 4) is 11.1 Å². The summed E-state index contributed by atoms with van der Waals surface area (Å²) >= 11 is 7.82. The first-order valence-corrected chi connectivity index (χ1v) is 15.1. The Bertz CT molecular complexity index is 1250. The predicted molar refractivity (Wildman–Crippen MR) is 162 cm³/mol. The smallest absolute Gasteiger partial charge is 0.326 e. The van der Waals surface area contributed by atoms with Crippen LogP contribution in [0.4, 0.5) is 0 Å². The number of carboxylic acid groups (broad SMARTS) is 1. The molecule has 3 rings (SSSR count). The lowest BCUT2D eigenvalue weighted by molar-refractivity contribution is -0.139. The molecule has 0 fully saturated rings. The summed E-state index contributed by atoms with van der Waals surface area (Å²) in [5, 5.41) is 13.1. The van der Waals surface area contributed by atoms with Crippen LogP contribution >= 0.6 is 23.4 Å². The molecule has 0 saturated heterocycles. The zero-order valence-corrected chi connectivity index (χ0v) is 24.5. The Morgan fingerprint density at radius 1 is 1.00 bits per heavy atom. The molecular weight excluding hydrogens is 530 g/mol. The van der Waals surface area contributed by atoms with E-state index in [-0.39, 0.29) is 12.0 Å². The van der Waals surface area contributed by atoms with Gasteiger partial charge < -0.3 is 15.2 Å². The van der Waals surface area contributed by atoms with Gasteiger partial charge in [-0.1, -0.05) is 66.6 Å². The van der Waals surface area contributed by atoms with Gasteiger partial charge in [-0.15, -0.1) is 0 Å². The minimum atomic E-state index is -1.03. The van der Waals surface area contributed by atoms with Crippen molar-refractivity contribution in [3.63, 3.8) is 0 Å². The average molecular weight is 568 g/mol. The number of unbranched alkanes of at least 4 members (excludes halogenated alkanes) is 1. The third-order valence-electron chi connectivity index (χ3n) is 6.78. The third kappa shape index (κ3) is 9.41. The SMILES string of the molecule is CSCC[C@H](NC(=O)c1ccc(COC(C)CCCCc2ccccc2Cl)cc1-c1ccccc1C)C(=O)O. The molecule has 208 valence electrons. The Balaban J connectivity index is 1.67. The summed E-state index contributed by atoms with van der Waals surface area (Å²) < 4.78 is 6.16. The van der Waals surface area contributed by atoms with Gasteiger partial charge in [0, 0.05) is 10.6 Å². The number of aliphatic carboxylic acids is 1. The van der Waals surface area contributed by atoms with Gasteiger partial charge in [-0.25, -0.2) is 4.79 Å². The second kappa shape index (κ2) is 15.7. The lowest BCUT2D eigenvalue weighted by Gasteiger charge is -2.18. The largest absolute Gasteiger partial charge is 0.480 e. The van der Waals surface area contributed by atoms with E-state index in [2.05, 4.69) is 18.3 Å². The van der Waals surface area contributed by atoms with Gasteiger partial charge >= 0.3 is 5.97 Å². The van der Waals surface area contributed by atoms with Crippen molar-refractivity contribution in [1.29, 1.82) is 0 Å². The highest BCUT2D eigenvalue weighted by Gasteiger charge is 2.23. The number of halogens is 1. The summed E-state index contributed by atoms with van der Waals surface area (Å²) in [6.45, 7) is 4.52. The maximum atomic E-state index is 13.3. The van der Waals surface area contributed by atoms with Crippen molar-refractivity contribution < 1.29 is 19.4 Å². The number of carbonyl (C=O) groups is 2. The highest BCUT2D eigenvalue weighted by molar-refractivity contribution is 7.98. The van der Waals surface area contributed by atoms with Crippen LogP contribution in [0.5, 0.6) is 0 Å². The number of benzene rings is 3. The van der Waals surface area contributed by atoms with E-state index in [9.17, 15) is 14.7 Å². The summed E-state index contributed by atoms with van der Waals surface area (Å²) in [7, 11) is 0. The molecule has 5 nitrogen and oxygen atoms in total. The number of nitrogens with one attached hydrogen (secondary N) is 1. The monoisotopic (exact) mass is 567 g/mol. The molecule has 0 heterocycles. The van der Waals surface area contributed by atoms with Crippen LogP contribution in [0.25, 0.3) is 11.1 Å². The molecular formula is C32H38ClNO4S. The first kappa shape index (κ1) is 30.7. The highest BCUT2D eigenvalue weighted by atomic mass is 35.5. The summed E-state index contributed by atoms with van der Waals surface area (Å²) in [4.78, 5) is 25.0. The van der Waals surface area contributed by atoms with Crippen molar-refractivity contribution in [1.82, 2.24) is 5.32 Å². The first-order valence-electron chi connectivity index (χ1n) is 13.4. The summed E-state index contributed by atoms with van der Waals surface area (Å²) in [5.41, 5.74) is 5.34. The summed E-state index contributed by atoms with van der Waals surface area (Å²) in [6.07, 6.45) is 6.37. The van der Waals surface area contributed by atoms with E-state index < -0.39 is 12.0 Å². The van der Waals surface area contributed by atoms with Crippen molar-refractivity contribution in [2.75, 3.05) is 12.0 Å². The predicted octanol–water partition coefficient (Wildman–Crippen LogP) is 7.57. The number of hydrogen-bond donors (Lipinski definition) is 2. The van der Waals surface area contributed by atoms with E-state index in [0.29, 0.717) is 24.3 Å². The minimum Gasteiger partial charge on any atom is -0.480 e. The fourth-order valence-electron chi connectivity index (χ4n) is 4.48. The van der Waals surface area contributed by atoms with Crippen molar-refractivity contribution >= 4 is 35.2 Å². The van der Waals surface area contributed by atoms with Gasteiger partial charge in [-0.2, -0.15) is 11.8 Å². The molecule has 0 saturated carbocycles. The zero-order valence-electron chi connectivity index (χ0n) is 22.9. The highest BCUT2D eigenvalue weighted by Crippen LogP contribution is 2.29. The number of amides is 1. The number of ether oxygens (including phenoxy) is 1. The lowest BCUT2D eigenvalue weighted by Crippen LogP contribution is -2.41. The van der Waals surface area contributed by atoms with Gasteiger partial charge in [-0.3, -0.25) is 4.79 Å². The molecule has 0 bridgehead atoms. The molecule has 0 spiro atoms. The Morgan fingerprint density at radius 2 is 1.74 bits per heavy atom. The fourth-order valence-corrected chi connectivity index (χ4v) is 5.18. The number of rotatable bonds is 15. The molecule has 3 aromatic rings. The fraction of sp³-hybridized carbons (Fsp3) is 0.375. The zero-order chi connectivity index (χ0) is 28.2. The number of carboxylic acids is 1. The summed E-state index contributed by atoms with van der Waals surface area (Å²) in [5.74, 6) is -0.766. The molecule has 1 unspecified atom stereocenters. The van der Waals surface area contributed by atoms with Crippen LogP contribution in [-0.4, -0.2) is 41.1 Å². The van der Waals surface area contributed by atoms with Gasteiger partial charge in [0.05, 0.1) is 12.7 Å². The van der Waals surface area contributed by atoms with E-state index in [1.165, 1.54) is 5.56 Å². The first-order chi connectivity index (χ1) is 18.8. The molecule has 1 amide bonds. The molecule has 2 atom stereocenters. The Hall–Kier alpha value is -2.80. The molecule has 0 aromatic heterocycles. The molecule has 39 heavy (non-hydrogen) atoms. The van der Waals surface area contributed by atoms with Crippen LogP contribution in [0.2, 0.25) is 5.02 Å². The summed E-state index contributed by atoms with van der Waals surface area (Å²) in [6, 6.07) is 20.6. The molecule has 3 aromatic carbocycles. The van der Waals surface area contributed by atoms with E-state index in [4.69, 9.17) is 16.3 Å². The van der Waals surface area contributed by atoms with E-state index in [1.807, 2.05) is 67.8 Å². The van der Waals surface area contributed by atoms with Gasteiger partial charge in [-0.05, 0) is 97.6 Å². The van der Waals surface area contributed by atoms with Crippen LogP contribution in [0.15, 0.2) is 66.7 Å². The minimum absolute atomic E-state index is 0.0916. The topological polar surface area (TPSA) is 75.6 Å². The van der Waals surface area contributed by atoms with E-state index in [0.717, 1.165) is 53.0 Å². The average Bonchev–Trinajstić information content (AvgIpc) is 2.93. The second-order valence-electron chi connectivity index (χ2n) is 9.80. The van der Waals surface area contributed by atoms with Gasteiger partial charge in [0.25, 0.3) is 5.91 Å². The maximum absolute atomic E-state index is 13.3. The molecule has 7 heteroatoms. The van der Waals surface area contributed by atoms with Gasteiger partial charge in [0.2, 0.25) is 0 Å². The third-order valence-corrected chi connectivity index (χ3v) is 7.79. The van der Waals surface area contributed by atoms with Crippen LogP contribution in [0.1, 0.15) is 59.7 Å². The molecule has 2 N–H and O–H groups in total. The van der Waals surface area contributed by atoms with E-state index >= 15 is 0 Å². The molecule has 0 aliphatic carbocycles. The van der Waals surface area contributed by atoms with Gasteiger partial charge in [0.1, 0.15) is 6.04 Å². The Labute approximate surface area is 241 Å². The van der Waals surface area contributed by atoms with Crippen LogP contribution in [0, 0.1) is 6.92 Å². The van der Waals surface area contributed by atoms with Crippen LogP contribution in [-0.2, 0) is 22.6 Å². The number of thioether (sulfide) groups is 1. The molecule has 0 aliphatic heterocycles. The molecule has 0 radical (unpaired) electrons. The van der Waals surface area contributed by atoms with Crippen LogP contribution in [0.3, 0.4) is 0 Å². The molecule has 0 aliphatic rings. The van der Waals surface area contributed by atoms with E-state index in [1.54, 1.807) is 17.8 Å².